The Labute approximate surface area is 143 Å². The first-order valence-electron chi connectivity index (χ1n) is 8.21. The van der Waals surface area contributed by atoms with Crippen LogP contribution in [0.15, 0.2) is 60.7 Å². The van der Waals surface area contributed by atoms with Crippen molar-refractivity contribution in [2.24, 2.45) is 5.41 Å². The second kappa shape index (κ2) is 5.69. The van der Waals surface area contributed by atoms with Crippen molar-refractivity contribution in [3.8, 4) is 0 Å². The molecular formula is C19H21NO3S. The van der Waals surface area contributed by atoms with Crippen LogP contribution < -0.4 is 0 Å². The van der Waals surface area contributed by atoms with Crippen LogP contribution in [0.4, 0.5) is 0 Å². The third kappa shape index (κ3) is 2.57. The number of hydrogen-bond donors (Lipinski definition) is 0. The number of nitrogens with zero attached hydrogens (tertiary/aromatic N) is 1. The average Bonchev–Trinajstić information content (AvgIpc) is 3.37. The summed E-state index contributed by atoms with van der Waals surface area (Å²) < 4.78 is 32.4. The van der Waals surface area contributed by atoms with Gasteiger partial charge >= 0.3 is 0 Å². The molecule has 2 aromatic carbocycles. The fraction of sp³-hybridized carbons (Fsp3) is 0.368. The van der Waals surface area contributed by atoms with E-state index in [-0.39, 0.29) is 17.7 Å². The van der Waals surface area contributed by atoms with Crippen molar-refractivity contribution in [3.05, 3.63) is 71.8 Å². The zero-order chi connectivity index (χ0) is 16.8. The molecule has 126 valence electrons. The van der Waals surface area contributed by atoms with E-state index in [4.69, 9.17) is 4.74 Å². The van der Waals surface area contributed by atoms with Crippen LogP contribution in [0.2, 0.25) is 0 Å². The molecular weight excluding hydrogens is 322 g/mol. The molecule has 0 amide bonds. The molecule has 0 N–H and O–H groups in total. The van der Waals surface area contributed by atoms with Crippen LogP contribution in [-0.2, 0) is 21.4 Å². The molecule has 4 rings (SSSR count). The molecule has 1 aliphatic heterocycles. The lowest BCUT2D eigenvalue weighted by atomic mass is 9.80. The third-order valence-electron chi connectivity index (χ3n) is 5.10. The smallest absolute Gasteiger partial charge is 0.213 e. The summed E-state index contributed by atoms with van der Waals surface area (Å²) in [5.41, 5.74) is 2.06. The molecule has 1 spiro atoms. The summed E-state index contributed by atoms with van der Waals surface area (Å²) in [4.78, 5) is 0. The van der Waals surface area contributed by atoms with E-state index >= 15 is 0 Å². The fourth-order valence-electron chi connectivity index (χ4n) is 3.83. The molecule has 2 atom stereocenters. The minimum Gasteiger partial charge on any atom is -0.357 e. The van der Waals surface area contributed by atoms with Crippen LogP contribution in [0, 0.1) is 5.41 Å². The summed E-state index contributed by atoms with van der Waals surface area (Å²) in [6.07, 6.45) is 2.94. The number of benzene rings is 2. The first kappa shape index (κ1) is 15.8. The monoisotopic (exact) mass is 343 g/mol. The van der Waals surface area contributed by atoms with E-state index in [0.717, 1.165) is 24.0 Å². The van der Waals surface area contributed by atoms with Crippen LogP contribution in [0.1, 0.15) is 30.0 Å². The van der Waals surface area contributed by atoms with Crippen molar-refractivity contribution in [1.82, 2.24) is 4.31 Å². The number of rotatable bonds is 5. The van der Waals surface area contributed by atoms with E-state index in [2.05, 4.69) is 0 Å². The third-order valence-corrected chi connectivity index (χ3v) is 6.27. The maximum absolute atomic E-state index is 12.4. The highest BCUT2D eigenvalue weighted by molar-refractivity contribution is 7.88. The molecule has 2 fully saturated rings. The topological polar surface area (TPSA) is 46.6 Å². The lowest BCUT2D eigenvalue weighted by Gasteiger charge is -2.54. The van der Waals surface area contributed by atoms with Gasteiger partial charge in [-0.2, -0.15) is 4.31 Å². The van der Waals surface area contributed by atoms with Crippen LogP contribution >= 0.6 is 0 Å². The lowest BCUT2D eigenvalue weighted by Crippen LogP contribution is -2.62. The van der Waals surface area contributed by atoms with Gasteiger partial charge in [-0.3, -0.25) is 0 Å². The standard InChI is InChI=1S/C19H21NO3S/c1-24(21,22)20-17(16-10-6-3-7-11-16)19(12-13-19)18(20)23-14-15-8-4-2-5-9-15/h2-11,17-18H,12-14H2,1H3/t17-,18-/m0/s1. The molecule has 0 aromatic heterocycles. The van der Waals surface area contributed by atoms with Crippen LogP contribution in [0.25, 0.3) is 0 Å². The maximum atomic E-state index is 12.4. The highest BCUT2D eigenvalue weighted by Crippen LogP contribution is 2.69. The summed E-state index contributed by atoms with van der Waals surface area (Å²) in [6.45, 7) is 0.431. The molecule has 1 saturated carbocycles. The normalized spacial score (nSPS) is 25.4. The summed E-state index contributed by atoms with van der Waals surface area (Å²) in [6, 6.07) is 19.7. The highest BCUT2D eigenvalue weighted by Gasteiger charge is 2.71. The summed E-state index contributed by atoms with van der Waals surface area (Å²) in [5, 5.41) is 0. The van der Waals surface area contributed by atoms with Crippen molar-refractivity contribution in [1.29, 1.82) is 0 Å². The van der Waals surface area contributed by atoms with Gasteiger partial charge in [-0.05, 0) is 24.0 Å². The molecule has 0 radical (unpaired) electrons. The molecule has 1 aliphatic carbocycles. The summed E-state index contributed by atoms with van der Waals surface area (Å²) in [7, 11) is -3.34. The van der Waals surface area contributed by atoms with Crippen molar-refractivity contribution in [2.75, 3.05) is 6.26 Å². The Balaban J connectivity index is 1.60. The van der Waals surface area contributed by atoms with E-state index in [1.54, 1.807) is 4.31 Å². The maximum Gasteiger partial charge on any atom is 0.213 e. The van der Waals surface area contributed by atoms with Crippen molar-refractivity contribution >= 4 is 10.0 Å². The Morgan fingerprint density at radius 2 is 1.62 bits per heavy atom. The Bertz CT molecular complexity index is 816. The van der Waals surface area contributed by atoms with Gasteiger partial charge in [0.25, 0.3) is 0 Å². The molecule has 1 heterocycles. The Morgan fingerprint density at radius 3 is 2.17 bits per heavy atom. The molecule has 24 heavy (non-hydrogen) atoms. The zero-order valence-electron chi connectivity index (χ0n) is 13.6. The second-order valence-corrected chi connectivity index (χ2v) is 8.68. The first-order valence-corrected chi connectivity index (χ1v) is 10.1. The molecule has 0 bridgehead atoms. The Kier molecular flexibility index (Phi) is 3.75. The van der Waals surface area contributed by atoms with Gasteiger partial charge in [0.05, 0.1) is 18.9 Å². The molecule has 2 aliphatic rings. The van der Waals surface area contributed by atoms with Crippen molar-refractivity contribution < 1.29 is 13.2 Å². The second-order valence-electron chi connectivity index (χ2n) is 6.79. The number of hydrogen-bond acceptors (Lipinski definition) is 3. The quantitative estimate of drug-likeness (QED) is 0.837. The van der Waals surface area contributed by atoms with E-state index in [1.165, 1.54) is 6.26 Å². The summed E-state index contributed by atoms with van der Waals surface area (Å²) >= 11 is 0. The molecule has 0 unspecified atom stereocenters. The molecule has 1 saturated heterocycles. The predicted molar refractivity (Wildman–Crippen MR) is 92.6 cm³/mol. The van der Waals surface area contributed by atoms with Gasteiger partial charge in [0.2, 0.25) is 10.0 Å². The van der Waals surface area contributed by atoms with Crippen LogP contribution in [0.3, 0.4) is 0 Å². The van der Waals surface area contributed by atoms with E-state index < -0.39 is 10.0 Å². The van der Waals surface area contributed by atoms with Crippen molar-refractivity contribution in [3.63, 3.8) is 0 Å². The van der Waals surface area contributed by atoms with Gasteiger partial charge in [0.15, 0.2) is 0 Å². The SMILES string of the molecule is CS(=O)(=O)N1[C@@H](OCc2ccccc2)C2(CC2)[C@@H]1c1ccccc1. The largest absolute Gasteiger partial charge is 0.357 e. The van der Waals surface area contributed by atoms with Crippen LogP contribution in [0.5, 0.6) is 0 Å². The lowest BCUT2D eigenvalue weighted by molar-refractivity contribution is -0.184. The first-order chi connectivity index (χ1) is 11.5. The summed E-state index contributed by atoms with van der Waals surface area (Å²) in [5.74, 6) is 0. The highest BCUT2D eigenvalue weighted by atomic mass is 32.2. The minimum absolute atomic E-state index is 0.0563. The number of sulfonamides is 1. The van der Waals surface area contributed by atoms with Gasteiger partial charge in [0.1, 0.15) is 6.23 Å². The van der Waals surface area contributed by atoms with E-state index in [1.807, 2.05) is 60.7 Å². The zero-order valence-corrected chi connectivity index (χ0v) is 14.4. The van der Waals surface area contributed by atoms with Gasteiger partial charge in [0, 0.05) is 5.41 Å². The van der Waals surface area contributed by atoms with Crippen molar-refractivity contribution in [2.45, 2.75) is 31.7 Å². The fourth-order valence-corrected chi connectivity index (χ4v) is 5.16. The molecule has 2 aromatic rings. The van der Waals surface area contributed by atoms with Gasteiger partial charge in [-0.15, -0.1) is 0 Å². The number of ether oxygens (including phenoxy) is 1. The van der Waals surface area contributed by atoms with Gasteiger partial charge in [-0.25, -0.2) is 8.42 Å². The molecule has 4 nitrogen and oxygen atoms in total. The minimum atomic E-state index is -3.34. The van der Waals surface area contributed by atoms with Gasteiger partial charge < -0.3 is 4.74 Å². The van der Waals surface area contributed by atoms with Gasteiger partial charge in [-0.1, -0.05) is 60.7 Å². The average molecular weight is 343 g/mol. The Morgan fingerprint density at radius 1 is 1.04 bits per heavy atom. The van der Waals surface area contributed by atoms with E-state index in [0.29, 0.717) is 6.61 Å². The van der Waals surface area contributed by atoms with Crippen LogP contribution in [-0.4, -0.2) is 25.2 Å². The Hall–Kier alpha value is -1.69. The molecule has 5 heteroatoms. The van der Waals surface area contributed by atoms with E-state index in [9.17, 15) is 8.42 Å². The predicted octanol–water partition coefficient (Wildman–Crippen LogP) is 3.33.